The molecule has 6 heteroatoms. The molecule has 1 amide bonds. The highest BCUT2D eigenvalue weighted by atomic mass is 35.5. The van der Waals surface area contributed by atoms with Crippen LogP contribution in [-0.2, 0) is 4.74 Å². The Morgan fingerprint density at radius 2 is 2.21 bits per heavy atom. The topological polar surface area (TPSA) is 71.5 Å². The van der Waals surface area contributed by atoms with Gasteiger partial charge in [-0.3, -0.25) is 4.79 Å². The van der Waals surface area contributed by atoms with Crippen LogP contribution in [0.1, 0.15) is 28.9 Å². The van der Waals surface area contributed by atoms with Crippen LogP contribution in [0.4, 0.5) is 0 Å². The summed E-state index contributed by atoms with van der Waals surface area (Å²) in [6.07, 6.45) is 1.21. The van der Waals surface area contributed by atoms with Gasteiger partial charge in [0.05, 0.1) is 12.1 Å². The van der Waals surface area contributed by atoms with Crippen molar-refractivity contribution in [1.29, 1.82) is 0 Å². The second-order valence-corrected chi connectivity index (χ2v) is 5.21. The normalized spacial score (nSPS) is 18.1. The van der Waals surface area contributed by atoms with Crippen LogP contribution in [0.5, 0.6) is 0 Å². The van der Waals surface area contributed by atoms with Crippen molar-refractivity contribution in [3.05, 3.63) is 28.5 Å². The summed E-state index contributed by atoms with van der Waals surface area (Å²) >= 11 is 5.85. The van der Waals surface area contributed by atoms with Crippen molar-refractivity contribution in [2.24, 2.45) is 0 Å². The van der Waals surface area contributed by atoms with E-state index in [1.54, 1.807) is 13.0 Å². The molecular formula is C13H17ClN2O3. The Morgan fingerprint density at radius 3 is 2.79 bits per heavy atom. The van der Waals surface area contributed by atoms with Crippen molar-refractivity contribution < 1.29 is 14.6 Å². The summed E-state index contributed by atoms with van der Waals surface area (Å²) in [7, 11) is 0. The number of carbonyl (C=O) groups excluding carboxylic acids is 1. The summed E-state index contributed by atoms with van der Waals surface area (Å²) < 4.78 is 5.26. The first kappa shape index (κ1) is 14.2. The van der Waals surface area contributed by atoms with Crippen molar-refractivity contribution in [2.75, 3.05) is 19.8 Å². The SMILES string of the molecule is Cc1cc(C(=O)NC2(CO)CCOCC2)cc(Cl)n1. The molecule has 0 bridgehead atoms. The largest absolute Gasteiger partial charge is 0.394 e. The van der Waals surface area contributed by atoms with Crippen LogP contribution in [0.15, 0.2) is 12.1 Å². The minimum atomic E-state index is -0.598. The van der Waals surface area contributed by atoms with Gasteiger partial charge in [-0.15, -0.1) is 0 Å². The van der Waals surface area contributed by atoms with Crippen molar-refractivity contribution in [3.63, 3.8) is 0 Å². The highest BCUT2D eigenvalue weighted by Crippen LogP contribution is 2.21. The average molecular weight is 285 g/mol. The lowest BCUT2D eigenvalue weighted by molar-refractivity contribution is 0.0125. The highest BCUT2D eigenvalue weighted by Gasteiger charge is 2.33. The van der Waals surface area contributed by atoms with E-state index in [-0.39, 0.29) is 17.7 Å². The maximum Gasteiger partial charge on any atom is 0.251 e. The van der Waals surface area contributed by atoms with Crippen LogP contribution < -0.4 is 5.32 Å². The van der Waals surface area contributed by atoms with Gasteiger partial charge in [0.2, 0.25) is 0 Å². The van der Waals surface area contributed by atoms with Gasteiger partial charge in [0.15, 0.2) is 0 Å². The van der Waals surface area contributed by atoms with Gasteiger partial charge in [-0.2, -0.15) is 0 Å². The molecule has 0 radical (unpaired) electrons. The van der Waals surface area contributed by atoms with Gasteiger partial charge < -0.3 is 15.2 Å². The molecule has 2 N–H and O–H groups in total. The number of amides is 1. The van der Waals surface area contributed by atoms with E-state index in [2.05, 4.69) is 10.3 Å². The fraction of sp³-hybridized carbons (Fsp3) is 0.538. The van der Waals surface area contributed by atoms with E-state index in [0.29, 0.717) is 37.3 Å². The molecule has 1 aromatic rings. The zero-order valence-electron chi connectivity index (χ0n) is 10.8. The lowest BCUT2D eigenvalue weighted by Gasteiger charge is -2.36. The number of nitrogens with one attached hydrogen (secondary N) is 1. The van der Waals surface area contributed by atoms with Gasteiger partial charge in [0, 0.05) is 24.5 Å². The second-order valence-electron chi connectivity index (χ2n) is 4.82. The molecule has 0 atom stereocenters. The number of aliphatic hydroxyl groups excluding tert-OH is 1. The monoisotopic (exact) mass is 284 g/mol. The Morgan fingerprint density at radius 1 is 1.53 bits per heavy atom. The van der Waals surface area contributed by atoms with E-state index in [1.807, 2.05) is 0 Å². The number of aromatic nitrogens is 1. The third-order valence-corrected chi connectivity index (χ3v) is 3.51. The minimum absolute atomic E-state index is 0.0973. The standard InChI is InChI=1S/C13H17ClN2O3/c1-9-6-10(7-11(14)15-9)12(18)16-13(8-17)2-4-19-5-3-13/h6-7,17H,2-5,8H2,1H3,(H,16,18). The Bertz CT molecular complexity index is 453. The van der Waals surface area contributed by atoms with Crippen LogP contribution in [0, 0.1) is 6.92 Å². The summed E-state index contributed by atoms with van der Waals surface area (Å²) in [5.74, 6) is -0.247. The van der Waals surface area contributed by atoms with Gasteiger partial charge in [-0.1, -0.05) is 11.6 Å². The number of ether oxygens (including phenoxy) is 1. The number of nitrogens with zero attached hydrogens (tertiary/aromatic N) is 1. The third-order valence-electron chi connectivity index (χ3n) is 3.32. The quantitative estimate of drug-likeness (QED) is 0.821. The van der Waals surface area contributed by atoms with Gasteiger partial charge >= 0.3 is 0 Å². The van der Waals surface area contributed by atoms with Gasteiger partial charge in [0.25, 0.3) is 5.91 Å². The summed E-state index contributed by atoms with van der Waals surface area (Å²) in [6, 6.07) is 3.19. The van der Waals surface area contributed by atoms with Crippen molar-refractivity contribution in [1.82, 2.24) is 10.3 Å². The van der Waals surface area contributed by atoms with Gasteiger partial charge in [-0.05, 0) is 31.9 Å². The van der Waals surface area contributed by atoms with Gasteiger partial charge in [-0.25, -0.2) is 4.98 Å². The van der Waals surface area contributed by atoms with E-state index in [1.165, 1.54) is 6.07 Å². The summed E-state index contributed by atoms with van der Waals surface area (Å²) in [4.78, 5) is 16.2. The summed E-state index contributed by atoms with van der Waals surface area (Å²) in [5, 5.41) is 12.7. The summed E-state index contributed by atoms with van der Waals surface area (Å²) in [5.41, 5.74) is 0.540. The molecule has 1 aromatic heterocycles. The molecule has 1 saturated heterocycles. The molecular weight excluding hydrogens is 268 g/mol. The predicted octanol–water partition coefficient (Wildman–Crippen LogP) is 1.31. The van der Waals surface area contributed by atoms with Crippen LogP contribution in [0.3, 0.4) is 0 Å². The maximum atomic E-state index is 12.2. The van der Waals surface area contributed by atoms with Crippen LogP contribution in [0.2, 0.25) is 5.15 Å². The fourth-order valence-electron chi connectivity index (χ4n) is 2.16. The molecule has 0 unspecified atom stereocenters. The number of hydrogen-bond donors (Lipinski definition) is 2. The lowest BCUT2D eigenvalue weighted by atomic mass is 9.90. The number of aryl methyl sites for hydroxylation is 1. The molecule has 2 heterocycles. The number of aliphatic hydroxyl groups is 1. The molecule has 0 saturated carbocycles. The van der Waals surface area contributed by atoms with Gasteiger partial charge in [0.1, 0.15) is 5.15 Å². The molecule has 0 aliphatic carbocycles. The van der Waals surface area contributed by atoms with Crippen LogP contribution in [0.25, 0.3) is 0 Å². The molecule has 1 aliphatic rings. The van der Waals surface area contributed by atoms with E-state index in [4.69, 9.17) is 16.3 Å². The molecule has 1 fully saturated rings. The number of carbonyl (C=O) groups is 1. The smallest absolute Gasteiger partial charge is 0.251 e. The fourth-order valence-corrected chi connectivity index (χ4v) is 2.41. The van der Waals surface area contributed by atoms with Crippen molar-refractivity contribution in [3.8, 4) is 0 Å². The first-order chi connectivity index (χ1) is 9.04. The zero-order valence-corrected chi connectivity index (χ0v) is 11.5. The Hall–Kier alpha value is -1.17. The first-order valence-corrected chi connectivity index (χ1v) is 6.58. The van der Waals surface area contributed by atoms with E-state index in [9.17, 15) is 9.90 Å². The molecule has 0 spiro atoms. The Kier molecular flexibility index (Phi) is 4.39. The maximum absolute atomic E-state index is 12.2. The number of rotatable bonds is 3. The van der Waals surface area contributed by atoms with E-state index in [0.717, 1.165) is 0 Å². The van der Waals surface area contributed by atoms with E-state index < -0.39 is 5.54 Å². The average Bonchev–Trinajstić information content (AvgIpc) is 2.38. The van der Waals surface area contributed by atoms with E-state index >= 15 is 0 Å². The van der Waals surface area contributed by atoms with Crippen LogP contribution in [-0.4, -0.2) is 41.4 Å². The molecule has 104 valence electrons. The third kappa shape index (κ3) is 3.43. The van der Waals surface area contributed by atoms with Crippen molar-refractivity contribution in [2.45, 2.75) is 25.3 Å². The van der Waals surface area contributed by atoms with Crippen LogP contribution >= 0.6 is 11.6 Å². The molecule has 2 rings (SSSR count). The first-order valence-electron chi connectivity index (χ1n) is 6.20. The van der Waals surface area contributed by atoms with Crippen molar-refractivity contribution >= 4 is 17.5 Å². The number of hydrogen-bond acceptors (Lipinski definition) is 4. The zero-order chi connectivity index (χ0) is 13.9. The number of halogens is 1. The molecule has 19 heavy (non-hydrogen) atoms. The minimum Gasteiger partial charge on any atom is -0.394 e. The number of pyridine rings is 1. The lowest BCUT2D eigenvalue weighted by Crippen LogP contribution is -2.54. The highest BCUT2D eigenvalue weighted by molar-refractivity contribution is 6.29. The Balaban J connectivity index is 2.15. The predicted molar refractivity (Wildman–Crippen MR) is 71.3 cm³/mol. The molecule has 5 nitrogen and oxygen atoms in total. The summed E-state index contributed by atoms with van der Waals surface area (Å²) in [6.45, 7) is 2.76. The molecule has 0 aromatic carbocycles. The second kappa shape index (κ2) is 5.86. The molecule has 1 aliphatic heterocycles. The Labute approximate surface area is 116 Å².